The predicted octanol–water partition coefficient (Wildman–Crippen LogP) is 3.35. The van der Waals surface area contributed by atoms with Crippen LogP contribution in [-0.2, 0) is 13.2 Å². The molecule has 0 spiro atoms. The average molecular weight is 444 g/mol. The van der Waals surface area contributed by atoms with E-state index in [2.05, 4.69) is 5.10 Å². The molecule has 0 aliphatic carbocycles. The van der Waals surface area contributed by atoms with Gasteiger partial charge in [0.1, 0.15) is 18.2 Å². The first-order chi connectivity index (χ1) is 15.4. The number of H-pyrrole nitrogens is 1. The van der Waals surface area contributed by atoms with Crippen molar-refractivity contribution in [3.8, 4) is 16.9 Å². The van der Waals surface area contributed by atoms with E-state index in [9.17, 15) is 23.1 Å². The van der Waals surface area contributed by atoms with Crippen molar-refractivity contribution in [2.75, 3.05) is 6.61 Å². The smallest absolute Gasteiger partial charge is 0.274 e. The van der Waals surface area contributed by atoms with E-state index in [1.807, 2.05) is 0 Å². The van der Waals surface area contributed by atoms with Crippen molar-refractivity contribution in [2.45, 2.75) is 19.3 Å². The van der Waals surface area contributed by atoms with Gasteiger partial charge in [0.2, 0.25) is 0 Å². The van der Waals surface area contributed by atoms with E-state index >= 15 is 0 Å². The Balaban J connectivity index is 1.57. The van der Waals surface area contributed by atoms with E-state index < -0.39 is 30.2 Å². The number of nitrogens with zero attached hydrogens (tertiary/aromatic N) is 1. The SMILES string of the molecule is O=c1c2cccc(COc3ccc(-c4ccc(F)cc4F)cc3F)c2[nH]n1C[C@H](O)CO. The van der Waals surface area contributed by atoms with Gasteiger partial charge in [0.15, 0.2) is 11.6 Å². The summed E-state index contributed by atoms with van der Waals surface area (Å²) in [6.07, 6.45) is -1.10. The summed E-state index contributed by atoms with van der Waals surface area (Å²) >= 11 is 0. The van der Waals surface area contributed by atoms with Crippen LogP contribution >= 0.6 is 0 Å². The highest BCUT2D eigenvalue weighted by atomic mass is 19.1. The Kier molecular flexibility index (Phi) is 6.02. The second-order valence-electron chi connectivity index (χ2n) is 7.26. The first-order valence-corrected chi connectivity index (χ1v) is 9.74. The number of ether oxygens (including phenoxy) is 1. The van der Waals surface area contributed by atoms with Crippen LogP contribution in [0.1, 0.15) is 5.56 Å². The summed E-state index contributed by atoms with van der Waals surface area (Å²) in [6, 6.07) is 11.9. The minimum Gasteiger partial charge on any atom is -0.486 e. The maximum atomic E-state index is 14.6. The number of aliphatic hydroxyl groups excluding tert-OH is 2. The zero-order chi connectivity index (χ0) is 22.8. The highest BCUT2D eigenvalue weighted by Crippen LogP contribution is 2.28. The van der Waals surface area contributed by atoms with Gasteiger partial charge in [-0.05, 0) is 35.9 Å². The van der Waals surface area contributed by atoms with Crippen molar-refractivity contribution in [3.63, 3.8) is 0 Å². The van der Waals surface area contributed by atoms with Crippen LogP contribution in [0.25, 0.3) is 22.0 Å². The van der Waals surface area contributed by atoms with E-state index in [0.29, 0.717) is 16.5 Å². The lowest BCUT2D eigenvalue weighted by atomic mass is 10.0. The molecule has 6 nitrogen and oxygen atoms in total. The third kappa shape index (κ3) is 4.25. The van der Waals surface area contributed by atoms with Gasteiger partial charge in [-0.1, -0.05) is 18.2 Å². The minimum atomic E-state index is -1.10. The van der Waals surface area contributed by atoms with Crippen LogP contribution < -0.4 is 10.3 Å². The number of aromatic nitrogens is 2. The summed E-state index contributed by atoms with van der Waals surface area (Å²) in [7, 11) is 0. The molecular formula is C23H19F3N2O4. The predicted molar refractivity (Wildman–Crippen MR) is 112 cm³/mol. The number of rotatable bonds is 7. The number of hydrogen-bond acceptors (Lipinski definition) is 4. The number of nitrogens with one attached hydrogen (secondary N) is 1. The van der Waals surface area contributed by atoms with Crippen molar-refractivity contribution >= 4 is 10.9 Å². The molecule has 1 atom stereocenters. The lowest BCUT2D eigenvalue weighted by Gasteiger charge is -2.10. The van der Waals surface area contributed by atoms with Crippen LogP contribution in [0, 0.1) is 17.5 Å². The van der Waals surface area contributed by atoms with Gasteiger partial charge >= 0.3 is 0 Å². The van der Waals surface area contributed by atoms with E-state index in [-0.39, 0.29) is 35.6 Å². The first-order valence-electron chi connectivity index (χ1n) is 9.74. The summed E-state index contributed by atoms with van der Waals surface area (Å²) in [5.41, 5.74) is 0.966. The zero-order valence-corrected chi connectivity index (χ0v) is 16.7. The molecule has 0 unspecified atom stereocenters. The molecule has 4 aromatic rings. The van der Waals surface area contributed by atoms with E-state index in [4.69, 9.17) is 9.84 Å². The molecule has 0 radical (unpaired) electrons. The molecule has 0 fully saturated rings. The Hall–Kier alpha value is -3.56. The van der Waals surface area contributed by atoms with Crippen molar-refractivity contribution in [1.29, 1.82) is 0 Å². The molecule has 3 N–H and O–H groups in total. The van der Waals surface area contributed by atoms with Crippen LogP contribution in [0.3, 0.4) is 0 Å². The Morgan fingerprint density at radius 3 is 2.56 bits per heavy atom. The summed E-state index contributed by atoms with van der Waals surface area (Å²) in [4.78, 5) is 12.5. The quantitative estimate of drug-likeness (QED) is 0.408. The van der Waals surface area contributed by atoms with Gasteiger partial charge < -0.3 is 14.9 Å². The standard InChI is InChI=1S/C23H19F3N2O4/c24-15-5-6-17(19(25)9-15)13-4-7-21(20(26)8-13)32-12-14-2-1-3-18-22(14)27-28(23(18)31)10-16(30)11-29/h1-9,16,27,29-30H,10-12H2/t16-/m0/s1. The van der Waals surface area contributed by atoms with Crippen LogP contribution in [-0.4, -0.2) is 32.7 Å². The van der Waals surface area contributed by atoms with Gasteiger partial charge in [0, 0.05) is 17.2 Å². The van der Waals surface area contributed by atoms with Gasteiger partial charge in [-0.15, -0.1) is 0 Å². The molecule has 0 saturated heterocycles. The number of aromatic amines is 1. The third-order valence-electron chi connectivity index (χ3n) is 5.03. The second-order valence-corrected chi connectivity index (χ2v) is 7.26. The molecular weight excluding hydrogens is 425 g/mol. The molecule has 0 aliphatic heterocycles. The van der Waals surface area contributed by atoms with Crippen LogP contribution in [0.2, 0.25) is 0 Å². The molecule has 1 heterocycles. The first kappa shape index (κ1) is 21.7. The van der Waals surface area contributed by atoms with Crippen molar-refractivity contribution in [1.82, 2.24) is 9.78 Å². The molecule has 32 heavy (non-hydrogen) atoms. The Labute approximate surface area is 180 Å². The van der Waals surface area contributed by atoms with Gasteiger partial charge in [-0.2, -0.15) is 0 Å². The average Bonchev–Trinajstić information content (AvgIpc) is 3.09. The maximum Gasteiger partial charge on any atom is 0.274 e. The molecule has 3 aromatic carbocycles. The number of benzene rings is 3. The Morgan fingerprint density at radius 1 is 1.03 bits per heavy atom. The molecule has 0 aliphatic rings. The number of para-hydroxylation sites is 1. The van der Waals surface area contributed by atoms with E-state index in [1.165, 1.54) is 22.9 Å². The Bertz CT molecular complexity index is 1330. The summed E-state index contributed by atoms with van der Waals surface area (Å²) < 4.78 is 48.4. The van der Waals surface area contributed by atoms with Crippen LogP contribution in [0.5, 0.6) is 5.75 Å². The zero-order valence-electron chi connectivity index (χ0n) is 16.7. The van der Waals surface area contributed by atoms with Gasteiger partial charge in [-0.25, -0.2) is 17.9 Å². The molecule has 0 saturated carbocycles. The summed E-state index contributed by atoms with van der Waals surface area (Å²) in [5.74, 6) is -2.33. The maximum absolute atomic E-state index is 14.6. The highest BCUT2D eigenvalue weighted by molar-refractivity contribution is 5.81. The van der Waals surface area contributed by atoms with Crippen molar-refractivity contribution in [3.05, 3.63) is 88.0 Å². The lowest BCUT2D eigenvalue weighted by molar-refractivity contribution is 0.0776. The summed E-state index contributed by atoms with van der Waals surface area (Å²) in [5, 5.41) is 21.8. The molecule has 4 rings (SSSR count). The topological polar surface area (TPSA) is 87.5 Å². The van der Waals surface area contributed by atoms with E-state index in [0.717, 1.165) is 18.2 Å². The summed E-state index contributed by atoms with van der Waals surface area (Å²) in [6.45, 7) is -0.670. The highest BCUT2D eigenvalue weighted by Gasteiger charge is 2.15. The van der Waals surface area contributed by atoms with E-state index in [1.54, 1.807) is 18.2 Å². The van der Waals surface area contributed by atoms with Gasteiger partial charge in [0.05, 0.1) is 30.2 Å². The molecule has 166 valence electrons. The third-order valence-corrected chi connectivity index (χ3v) is 5.03. The van der Waals surface area contributed by atoms with Gasteiger partial charge in [-0.3, -0.25) is 9.89 Å². The largest absolute Gasteiger partial charge is 0.486 e. The van der Waals surface area contributed by atoms with Crippen molar-refractivity contribution < 1.29 is 28.1 Å². The fourth-order valence-electron chi connectivity index (χ4n) is 3.42. The molecule has 9 heteroatoms. The number of hydrogen-bond donors (Lipinski definition) is 3. The molecule has 1 aromatic heterocycles. The lowest BCUT2D eigenvalue weighted by Crippen LogP contribution is -2.27. The van der Waals surface area contributed by atoms with Crippen LogP contribution in [0.15, 0.2) is 59.4 Å². The monoisotopic (exact) mass is 444 g/mol. The fourth-order valence-corrected chi connectivity index (χ4v) is 3.42. The molecule has 0 amide bonds. The Morgan fingerprint density at radius 2 is 1.84 bits per heavy atom. The number of halogens is 3. The number of aliphatic hydroxyl groups is 2. The minimum absolute atomic E-state index is 0.0607. The van der Waals surface area contributed by atoms with Gasteiger partial charge in [0.25, 0.3) is 5.56 Å². The number of fused-ring (bicyclic) bond motifs is 1. The molecule has 0 bridgehead atoms. The second kappa shape index (κ2) is 8.89. The van der Waals surface area contributed by atoms with Crippen LogP contribution in [0.4, 0.5) is 13.2 Å². The fraction of sp³-hybridized carbons (Fsp3) is 0.174. The van der Waals surface area contributed by atoms with Crippen molar-refractivity contribution in [2.24, 2.45) is 0 Å². The normalized spacial score (nSPS) is 12.3.